The van der Waals surface area contributed by atoms with Gasteiger partial charge in [0.2, 0.25) is 0 Å². The van der Waals surface area contributed by atoms with Crippen molar-refractivity contribution in [2.45, 2.75) is 19.8 Å². The summed E-state index contributed by atoms with van der Waals surface area (Å²) in [5, 5.41) is 0. The van der Waals surface area contributed by atoms with E-state index < -0.39 is 5.92 Å². The van der Waals surface area contributed by atoms with Crippen LogP contribution in [0, 0.1) is 5.92 Å². The molecular formula is C19H16Br2O3. The minimum absolute atomic E-state index is 0.0350. The molecule has 0 saturated carbocycles. The predicted molar refractivity (Wildman–Crippen MR) is 100 cm³/mol. The molecule has 2 rings (SSSR count). The standard InChI is InChI=1S/C19H16Br2O3/c1-12(22)2-11-17(18(23)13-3-7-15(20)8-4-13)19(24)14-5-9-16(21)10-6-14/h3-10,17H,2,11H2,1H3. The average molecular weight is 452 g/mol. The lowest BCUT2D eigenvalue weighted by molar-refractivity contribution is -0.117. The number of hydrogen-bond donors (Lipinski definition) is 0. The van der Waals surface area contributed by atoms with Crippen LogP contribution in [0.5, 0.6) is 0 Å². The number of halogens is 2. The molecule has 24 heavy (non-hydrogen) atoms. The predicted octanol–water partition coefficient (Wildman–Crippen LogP) is 5.26. The van der Waals surface area contributed by atoms with Crippen LogP contribution >= 0.6 is 31.9 Å². The third-order valence-corrected chi connectivity index (χ3v) is 4.73. The van der Waals surface area contributed by atoms with E-state index in [0.717, 1.165) is 8.95 Å². The zero-order valence-electron chi connectivity index (χ0n) is 13.1. The van der Waals surface area contributed by atoms with Crippen molar-refractivity contribution in [2.75, 3.05) is 0 Å². The maximum atomic E-state index is 12.8. The van der Waals surface area contributed by atoms with Gasteiger partial charge in [0.05, 0.1) is 5.92 Å². The van der Waals surface area contributed by atoms with Crippen LogP contribution < -0.4 is 0 Å². The van der Waals surface area contributed by atoms with Crippen molar-refractivity contribution in [1.82, 2.24) is 0 Å². The molecule has 0 unspecified atom stereocenters. The molecule has 0 atom stereocenters. The lowest BCUT2D eigenvalue weighted by atomic mass is 9.86. The van der Waals surface area contributed by atoms with Gasteiger partial charge in [-0.05, 0) is 37.6 Å². The molecule has 2 aromatic carbocycles. The highest BCUT2D eigenvalue weighted by Gasteiger charge is 2.28. The molecule has 0 saturated heterocycles. The van der Waals surface area contributed by atoms with Crippen LogP contribution in [-0.2, 0) is 4.79 Å². The smallest absolute Gasteiger partial charge is 0.173 e. The molecule has 0 amide bonds. The first-order chi connectivity index (χ1) is 11.4. The topological polar surface area (TPSA) is 51.2 Å². The van der Waals surface area contributed by atoms with Crippen LogP contribution in [-0.4, -0.2) is 17.3 Å². The minimum atomic E-state index is -0.851. The van der Waals surface area contributed by atoms with Crippen LogP contribution in [0.3, 0.4) is 0 Å². The van der Waals surface area contributed by atoms with Crippen molar-refractivity contribution >= 4 is 49.2 Å². The summed E-state index contributed by atoms with van der Waals surface area (Å²) < 4.78 is 1.72. The zero-order valence-corrected chi connectivity index (χ0v) is 16.3. The van der Waals surface area contributed by atoms with Gasteiger partial charge in [-0.3, -0.25) is 9.59 Å². The Morgan fingerprint density at radius 2 is 1.17 bits per heavy atom. The highest BCUT2D eigenvalue weighted by Crippen LogP contribution is 2.22. The van der Waals surface area contributed by atoms with Crippen LogP contribution in [0.25, 0.3) is 0 Å². The lowest BCUT2D eigenvalue weighted by Gasteiger charge is -2.15. The first-order valence-corrected chi connectivity index (χ1v) is 9.06. The summed E-state index contributed by atoms with van der Waals surface area (Å²) in [6.45, 7) is 1.46. The Kier molecular flexibility index (Phi) is 6.63. The molecule has 5 heteroatoms. The molecule has 0 aromatic heterocycles. The normalized spacial score (nSPS) is 10.7. The Hall–Kier alpha value is -1.59. The van der Waals surface area contributed by atoms with Gasteiger partial charge in [0.15, 0.2) is 11.6 Å². The quantitative estimate of drug-likeness (QED) is 0.426. The number of benzene rings is 2. The van der Waals surface area contributed by atoms with E-state index in [1.165, 1.54) is 6.92 Å². The summed E-state index contributed by atoms with van der Waals surface area (Å²) in [7, 11) is 0. The second-order valence-corrected chi connectivity index (χ2v) is 7.37. The Bertz CT molecular complexity index is 692. The maximum absolute atomic E-state index is 12.8. The summed E-state index contributed by atoms with van der Waals surface area (Å²) in [6.07, 6.45) is 0.425. The molecule has 0 aliphatic rings. The highest BCUT2D eigenvalue weighted by atomic mass is 79.9. The molecule has 0 bridgehead atoms. The Morgan fingerprint density at radius 3 is 1.50 bits per heavy atom. The fraction of sp³-hybridized carbons (Fsp3) is 0.211. The lowest BCUT2D eigenvalue weighted by Crippen LogP contribution is -2.25. The van der Waals surface area contributed by atoms with E-state index in [1.807, 2.05) is 0 Å². The molecule has 0 radical (unpaired) electrons. The van der Waals surface area contributed by atoms with Crippen molar-refractivity contribution in [3.8, 4) is 0 Å². The number of carbonyl (C=O) groups excluding carboxylic acids is 3. The van der Waals surface area contributed by atoms with E-state index in [4.69, 9.17) is 0 Å². The van der Waals surface area contributed by atoms with Gasteiger partial charge >= 0.3 is 0 Å². The Morgan fingerprint density at radius 1 is 0.792 bits per heavy atom. The summed E-state index contributed by atoms with van der Waals surface area (Å²) in [5.41, 5.74) is 0.939. The van der Waals surface area contributed by atoms with Gasteiger partial charge in [-0.25, -0.2) is 0 Å². The number of rotatable bonds is 7. The van der Waals surface area contributed by atoms with Gasteiger partial charge in [0.25, 0.3) is 0 Å². The van der Waals surface area contributed by atoms with E-state index in [-0.39, 0.29) is 30.2 Å². The largest absolute Gasteiger partial charge is 0.300 e. The van der Waals surface area contributed by atoms with E-state index >= 15 is 0 Å². The van der Waals surface area contributed by atoms with Crippen LogP contribution in [0.1, 0.15) is 40.5 Å². The van der Waals surface area contributed by atoms with Gasteiger partial charge in [-0.2, -0.15) is 0 Å². The molecule has 3 nitrogen and oxygen atoms in total. The number of Topliss-reactive ketones (excluding diaryl/α,β-unsaturated/α-hetero) is 3. The second-order valence-electron chi connectivity index (χ2n) is 5.54. The first-order valence-electron chi connectivity index (χ1n) is 7.47. The molecule has 0 heterocycles. The van der Waals surface area contributed by atoms with Crippen LogP contribution in [0.2, 0.25) is 0 Å². The van der Waals surface area contributed by atoms with E-state index in [1.54, 1.807) is 48.5 Å². The Labute approximate surface area is 157 Å². The van der Waals surface area contributed by atoms with Crippen molar-refractivity contribution < 1.29 is 14.4 Å². The van der Waals surface area contributed by atoms with E-state index in [9.17, 15) is 14.4 Å². The van der Waals surface area contributed by atoms with Crippen molar-refractivity contribution in [2.24, 2.45) is 5.92 Å². The summed E-state index contributed by atoms with van der Waals surface area (Å²) >= 11 is 6.65. The summed E-state index contributed by atoms with van der Waals surface area (Å²) in [5.74, 6) is -1.39. The van der Waals surface area contributed by atoms with Crippen molar-refractivity contribution in [3.63, 3.8) is 0 Å². The molecular weight excluding hydrogens is 436 g/mol. The van der Waals surface area contributed by atoms with E-state index in [2.05, 4.69) is 31.9 Å². The third kappa shape index (κ3) is 4.95. The number of carbonyl (C=O) groups is 3. The fourth-order valence-corrected chi connectivity index (χ4v) is 2.89. The molecule has 0 aliphatic carbocycles. The third-order valence-electron chi connectivity index (χ3n) is 3.68. The molecule has 2 aromatic rings. The molecule has 0 spiro atoms. The fourth-order valence-electron chi connectivity index (χ4n) is 2.36. The van der Waals surface area contributed by atoms with Crippen LogP contribution in [0.4, 0.5) is 0 Å². The number of hydrogen-bond acceptors (Lipinski definition) is 3. The SMILES string of the molecule is CC(=O)CCC(C(=O)c1ccc(Br)cc1)C(=O)c1ccc(Br)cc1. The van der Waals surface area contributed by atoms with Crippen molar-refractivity contribution in [1.29, 1.82) is 0 Å². The molecule has 124 valence electrons. The zero-order chi connectivity index (χ0) is 17.7. The minimum Gasteiger partial charge on any atom is -0.300 e. The van der Waals surface area contributed by atoms with Gasteiger partial charge in [-0.1, -0.05) is 56.1 Å². The van der Waals surface area contributed by atoms with Gasteiger partial charge in [-0.15, -0.1) is 0 Å². The Balaban J connectivity index is 2.30. The highest BCUT2D eigenvalue weighted by molar-refractivity contribution is 9.10. The van der Waals surface area contributed by atoms with E-state index in [0.29, 0.717) is 11.1 Å². The monoisotopic (exact) mass is 450 g/mol. The molecule has 0 fully saturated rings. The summed E-state index contributed by atoms with van der Waals surface area (Å²) in [6, 6.07) is 13.8. The second kappa shape index (κ2) is 8.49. The first kappa shape index (κ1) is 18.7. The van der Waals surface area contributed by atoms with Crippen LogP contribution in [0.15, 0.2) is 57.5 Å². The molecule has 0 aliphatic heterocycles. The van der Waals surface area contributed by atoms with Gasteiger partial charge in [0.1, 0.15) is 5.78 Å². The summed E-state index contributed by atoms with van der Waals surface area (Å²) in [4.78, 5) is 36.9. The number of ketones is 3. The average Bonchev–Trinajstić information content (AvgIpc) is 2.55. The maximum Gasteiger partial charge on any atom is 0.173 e. The van der Waals surface area contributed by atoms with Gasteiger partial charge < -0.3 is 4.79 Å². The molecule has 0 N–H and O–H groups in total. The van der Waals surface area contributed by atoms with Crippen molar-refractivity contribution in [3.05, 3.63) is 68.6 Å². The van der Waals surface area contributed by atoms with Gasteiger partial charge in [0, 0.05) is 26.5 Å².